The van der Waals surface area contributed by atoms with Crippen LogP contribution in [0.25, 0.3) is 0 Å². The van der Waals surface area contributed by atoms with Crippen LogP contribution >= 0.6 is 11.8 Å². The Bertz CT molecular complexity index is 653. The van der Waals surface area contributed by atoms with Gasteiger partial charge >= 0.3 is 0 Å². The highest BCUT2D eigenvalue weighted by Crippen LogP contribution is 2.37. The zero-order chi connectivity index (χ0) is 18.8. The SMILES string of the molecule is Cc1cc(CCCCCCCCC(C)O)c(O)c(Sc2ccccc2)c1. The molecule has 26 heavy (non-hydrogen) atoms. The lowest BCUT2D eigenvalue weighted by Gasteiger charge is -2.11. The largest absolute Gasteiger partial charge is 0.506 e. The number of unbranched alkanes of at least 4 members (excludes halogenated alkanes) is 5. The molecule has 0 spiro atoms. The molecule has 2 rings (SSSR count). The maximum absolute atomic E-state index is 10.7. The van der Waals surface area contributed by atoms with Crippen molar-refractivity contribution < 1.29 is 10.2 Å². The molecule has 0 aliphatic rings. The van der Waals surface area contributed by atoms with E-state index >= 15 is 0 Å². The number of aryl methyl sites for hydroxylation is 2. The normalized spacial score (nSPS) is 12.3. The minimum atomic E-state index is -0.165. The zero-order valence-corrected chi connectivity index (χ0v) is 16.9. The van der Waals surface area contributed by atoms with Gasteiger partial charge in [-0.15, -0.1) is 0 Å². The average Bonchev–Trinajstić information content (AvgIpc) is 2.61. The van der Waals surface area contributed by atoms with Gasteiger partial charge in [0, 0.05) is 4.90 Å². The van der Waals surface area contributed by atoms with Crippen molar-refractivity contribution in [1.82, 2.24) is 0 Å². The summed E-state index contributed by atoms with van der Waals surface area (Å²) in [4.78, 5) is 2.10. The van der Waals surface area contributed by atoms with E-state index in [0.29, 0.717) is 5.75 Å². The summed E-state index contributed by atoms with van der Waals surface area (Å²) in [5.41, 5.74) is 2.27. The average molecular weight is 373 g/mol. The van der Waals surface area contributed by atoms with Crippen LogP contribution in [0.2, 0.25) is 0 Å². The molecular weight excluding hydrogens is 340 g/mol. The summed E-state index contributed by atoms with van der Waals surface area (Å²) in [6.07, 6.45) is 8.80. The predicted octanol–water partition coefficient (Wildman–Crippen LogP) is 6.51. The third-order valence-electron chi connectivity index (χ3n) is 4.59. The van der Waals surface area contributed by atoms with Crippen molar-refractivity contribution in [1.29, 1.82) is 0 Å². The second kappa shape index (κ2) is 11.3. The molecule has 3 heteroatoms. The van der Waals surface area contributed by atoms with Crippen molar-refractivity contribution in [2.45, 2.75) is 81.1 Å². The van der Waals surface area contributed by atoms with E-state index in [4.69, 9.17) is 0 Å². The zero-order valence-electron chi connectivity index (χ0n) is 16.1. The van der Waals surface area contributed by atoms with Gasteiger partial charge in [0.05, 0.1) is 11.0 Å². The Morgan fingerprint density at radius 3 is 2.27 bits per heavy atom. The summed E-state index contributed by atoms with van der Waals surface area (Å²) in [7, 11) is 0. The minimum absolute atomic E-state index is 0.165. The van der Waals surface area contributed by atoms with Crippen molar-refractivity contribution in [2.24, 2.45) is 0 Å². The van der Waals surface area contributed by atoms with Crippen LogP contribution in [0.3, 0.4) is 0 Å². The van der Waals surface area contributed by atoms with Crippen LogP contribution in [-0.2, 0) is 6.42 Å². The topological polar surface area (TPSA) is 40.5 Å². The molecule has 142 valence electrons. The van der Waals surface area contributed by atoms with Crippen LogP contribution in [-0.4, -0.2) is 16.3 Å². The van der Waals surface area contributed by atoms with Crippen LogP contribution < -0.4 is 0 Å². The van der Waals surface area contributed by atoms with Crippen molar-refractivity contribution in [3.8, 4) is 5.75 Å². The summed E-state index contributed by atoms with van der Waals surface area (Å²) in [6.45, 7) is 3.96. The molecule has 0 heterocycles. The van der Waals surface area contributed by atoms with Gasteiger partial charge in [0.15, 0.2) is 0 Å². The number of hydrogen-bond acceptors (Lipinski definition) is 3. The van der Waals surface area contributed by atoms with E-state index in [1.165, 1.54) is 31.2 Å². The van der Waals surface area contributed by atoms with E-state index in [2.05, 4.69) is 31.2 Å². The Morgan fingerprint density at radius 1 is 0.923 bits per heavy atom. The van der Waals surface area contributed by atoms with E-state index in [-0.39, 0.29) is 6.10 Å². The summed E-state index contributed by atoms with van der Waals surface area (Å²) >= 11 is 1.63. The fourth-order valence-electron chi connectivity index (χ4n) is 3.16. The van der Waals surface area contributed by atoms with Crippen molar-refractivity contribution in [2.75, 3.05) is 0 Å². The van der Waals surface area contributed by atoms with Gasteiger partial charge in [-0.25, -0.2) is 0 Å². The standard InChI is InChI=1S/C23H32O2S/c1-18-16-20(13-9-6-4-3-5-8-12-19(2)24)23(25)22(17-18)26-21-14-10-7-11-15-21/h7,10-11,14-17,19,24-25H,3-6,8-9,12-13H2,1-2H3. The molecule has 0 amide bonds. The smallest absolute Gasteiger partial charge is 0.132 e. The van der Waals surface area contributed by atoms with Crippen LogP contribution in [0.15, 0.2) is 52.3 Å². The van der Waals surface area contributed by atoms with Gasteiger partial charge in [0.1, 0.15) is 5.75 Å². The second-order valence-electron chi connectivity index (χ2n) is 7.19. The summed E-state index contributed by atoms with van der Waals surface area (Å²) in [5.74, 6) is 0.446. The fourth-order valence-corrected chi connectivity index (χ4v) is 4.18. The third kappa shape index (κ3) is 7.43. The Hall–Kier alpha value is -1.45. The number of rotatable bonds is 11. The first-order valence-corrected chi connectivity index (χ1v) is 10.6. The third-order valence-corrected chi connectivity index (χ3v) is 5.63. The van der Waals surface area contributed by atoms with Gasteiger partial charge in [0.25, 0.3) is 0 Å². The van der Waals surface area contributed by atoms with E-state index in [9.17, 15) is 10.2 Å². The molecule has 0 radical (unpaired) electrons. The molecule has 2 nitrogen and oxygen atoms in total. The molecule has 1 atom stereocenters. The molecule has 0 aliphatic carbocycles. The first-order valence-electron chi connectivity index (χ1n) is 9.79. The van der Waals surface area contributed by atoms with E-state index < -0.39 is 0 Å². The molecular formula is C23H32O2S. The summed E-state index contributed by atoms with van der Waals surface area (Å²) in [6, 6.07) is 14.4. The molecule has 0 saturated carbocycles. The fraction of sp³-hybridized carbons (Fsp3) is 0.478. The van der Waals surface area contributed by atoms with E-state index in [0.717, 1.165) is 41.0 Å². The molecule has 0 aromatic heterocycles. The molecule has 1 unspecified atom stereocenters. The van der Waals surface area contributed by atoms with Crippen LogP contribution in [0.5, 0.6) is 5.75 Å². The number of phenolic OH excluding ortho intramolecular Hbond substituents is 1. The lowest BCUT2D eigenvalue weighted by atomic mass is 10.0. The molecule has 2 N–H and O–H groups in total. The van der Waals surface area contributed by atoms with Crippen LogP contribution in [0.4, 0.5) is 0 Å². The second-order valence-corrected chi connectivity index (χ2v) is 8.31. The number of aliphatic hydroxyl groups excluding tert-OH is 1. The van der Waals surface area contributed by atoms with Gasteiger partial charge in [-0.05, 0) is 62.4 Å². The monoisotopic (exact) mass is 372 g/mol. The lowest BCUT2D eigenvalue weighted by molar-refractivity contribution is 0.180. The quantitative estimate of drug-likeness (QED) is 0.442. The Kier molecular flexibility index (Phi) is 9.07. The number of aliphatic hydroxyl groups is 1. The van der Waals surface area contributed by atoms with E-state index in [1.807, 2.05) is 25.1 Å². The molecule has 0 fully saturated rings. The highest BCUT2D eigenvalue weighted by molar-refractivity contribution is 7.99. The summed E-state index contributed by atoms with van der Waals surface area (Å²) < 4.78 is 0. The van der Waals surface area contributed by atoms with Crippen molar-refractivity contribution in [3.63, 3.8) is 0 Å². The molecule has 2 aromatic carbocycles. The lowest BCUT2D eigenvalue weighted by Crippen LogP contribution is -1.98. The predicted molar refractivity (Wildman–Crippen MR) is 111 cm³/mol. The number of phenols is 1. The minimum Gasteiger partial charge on any atom is -0.506 e. The molecule has 0 bridgehead atoms. The van der Waals surface area contributed by atoms with Gasteiger partial charge in [0.2, 0.25) is 0 Å². The van der Waals surface area contributed by atoms with Crippen LogP contribution in [0.1, 0.15) is 63.0 Å². The maximum Gasteiger partial charge on any atom is 0.132 e. The number of hydrogen-bond donors (Lipinski definition) is 2. The van der Waals surface area contributed by atoms with Gasteiger partial charge in [-0.3, -0.25) is 0 Å². The Balaban J connectivity index is 1.80. The molecule has 0 saturated heterocycles. The highest BCUT2D eigenvalue weighted by atomic mass is 32.2. The van der Waals surface area contributed by atoms with Crippen molar-refractivity contribution in [3.05, 3.63) is 53.6 Å². The summed E-state index contributed by atoms with van der Waals surface area (Å²) in [5, 5.41) is 19.9. The van der Waals surface area contributed by atoms with Crippen LogP contribution in [0, 0.1) is 6.92 Å². The van der Waals surface area contributed by atoms with Gasteiger partial charge in [-0.2, -0.15) is 0 Å². The van der Waals surface area contributed by atoms with Gasteiger partial charge < -0.3 is 10.2 Å². The van der Waals surface area contributed by atoms with E-state index in [1.54, 1.807) is 11.8 Å². The van der Waals surface area contributed by atoms with Crippen molar-refractivity contribution >= 4 is 11.8 Å². The molecule has 0 aliphatic heterocycles. The first-order chi connectivity index (χ1) is 12.6. The molecule has 2 aromatic rings. The maximum atomic E-state index is 10.7. The number of aromatic hydroxyl groups is 1. The van der Waals surface area contributed by atoms with Gasteiger partial charge in [-0.1, -0.05) is 68.1 Å². The Morgan fingerprint density at radius 2 is 1.58 bits per heavy atom. The first kappa shape index (κ1) is 20.9. The Labute approximate surface area is 162 Å². The number of benzene rings is 2. The highest BCUT2D eigenvalue weighted by Gasteiger charge is 2.10.